The highest BCUT2D eigenvalue weighted by Crippen LogP contribution is 2.29. The molecule has 0 radical (unpaired) electrons. The van der Waals surface area contributed by atoms with Crippen molar-refractivity contribution in [3.63, 3.8) is 0 Å². The minimum Gasteiger partial charge on any atom is -0.366 e. The van der Waals surface area contributed by atoms with Crippen LogP contribution in [0.4, 0.5) is 20.4 Å². The Kier molecular flexibility index (Phi) is 9.80. The Bertz CT molecular complexity index is 2230. The van der Waals surface area contributed by atoms with Crippen molar-refractivity contribution in [3.05, 3.63) is 154 Å². The molecular formula is C36H26Br2F2N10. The van der Waals surface area contributed by atoms with Gasteiger partial charge in [-0.3, -0.25) is 9.97 Å². The largest absolute Gasteiger partial charge is 0.366 e. The van der Waals surface area contributed by atoms with Crippen LogP contribution in [0.1, 0.15) is 11.1 Å². The molecule has 6 heterocycles. The number of fused-ring (bicyclic) bond motifs is 2. The minimum atomic E-state index is -0.312. The molecule has 8 rings (SSSR count). The van der Waals surface area contributed by atoms with Gasteiger partial charge in [0.1, 0.15) is 23.3 Å². The maximum absolute atomic E-state index is 14.2. The molecule has 0 aliphatic rings. The summed E-state index contributed by atoms with van der Waals surface area (Å²) in [6.07, 6.45) is 10.4. The van der Waals surface area contributed by atoms with Gasteiger partial charge in [-0.15, -0.1) is 0 Å². The molecule has 6 aromatic heterocycles. The second-order valence-electron chi connectivity index (χ2n) is 10.9. The first-order chi connectivity index (χ1) is 24.4. The molecule has 0 saturated heterocycles. The van der Waals surface area contributed by atoms with Crippen LogP contribution in [0.3, 0.4) is 0 Å². The topological polar surface area (TPSA) is 110 Å². The lowest BCUT2D eigenvalue weighted by Crippen LogP contribution is -2.07. The molecule has 8 aromatic rings. The molecule has 2 N–H and O–H groups in total. The van der Waals surface area contributed by atoms with Crippen LogP contribution in [0.25, 0.3) is 33.8 Å². The SMILES string of the molecule is Fc1ccccc1-c1cc(NCc2cccnc2)n2ncc(Br)c2n1.Fc1ccccc1-c1cc(NCc2ccncc2)n2ncc(Br)c2n1. The first-order valence-electron chi connectivity index (χ1n) is 15.3. The Hall–Kier alpha value is -5.60. The molecule has 0 bridgehead atoms. The number of hydrogen-bond donors (Lipinski definition) is 2. The van der Waals surface area contributed by atoms with E-state index in [1.807, 2.05) is 24.3 Å². The van der Waals surface area contributed by atoms with Gasteiger partial charge in [0.2, 0.25) is 0 Å². The first kappa shape index (κ1) is 32.9. The van der Waals surface area contributed by atoms with Crippen molar-refractivity contribution in [1.82, 2.24) is 39.2 Å². The van der Waals surface area contributed by atoms with E-state index in [2.05, 4.69) is 72.6 Å². The van der Waals surface area contributed by atoms with Gasteiger partial charge >= 0.3 is 0 Å². The monoisotopic (exact) mass is 794 g/mol. The van der Waals surface area contributed by atoms with Gasteiger partial charge in [0, 0.05) is 61.1 Å². The zero-order valence-electron chi connectivity index (χ0n) is 26.1. The van der Waals surface area contributed by atoms with E-state index >= 15 is 0 Å². The van der Waals surface area contributed by atoms with Gasteiger partial charge in [-0.1, -0.05) is 30.3 Å². The smallest absolute Gasteiger partial charge is 0.172 e. The molecule has 14 heteroatoms. The quantitative estimate of drug-likeness (QED) is 0.157. The second-order valence-corrected chi connectivity index (χ2v) is 12.6. The van der Waals surface area contributed by atoms with Gasteiger partial charge in [-0.25, -0.2) is 18.7 Å². The molecule has 50 heavy (non-hydrogen) atoms. The highest BCUT2D eigenvalue weighted by atomic mass is 79.9. The first-order valence-corrected chi connectivity index (χ1v) is 16.9. The summed E-state index contributed by atoms with van der Waals surface area (Å²) < 4.78 is 33.2. The van der Waals surface area contributed by atoms with E-state index in [0.717, 1.165) is 31.7 Å². The molecule has 0 saturated carbocycles. The molecule has 0 spiro atoms. The van der Waals surface area contributed by atoms with E-state index in [9.17, 15) is 8.78 Å². The van der Waals surface area contributed by atoms with Crippen molar-refractivity contribution >= 4 is 54.8 Å². The van der Waals surface area contributed by atoms with Crippen molar-refractivity contribution in [1.29, 1.82) is 0 Å². The number of benzene rings is 2. The molecule has 0 unspecified atom stereocenters. The third kappa shape index (κ3) is 7.21. The van der Waals surface area contributed by atoms with Crippen LogP contribution < -0.4 is 10.6 Å². The van der Waals surface area contributed by atoms with Gasteiger partial charge < -0.3 is 10.6 Å². The van der Waals surface area contributed by atoms with Gasteiger partial charge in [0.05, 0.1) is 32.7 Å². The van der Waals surface area contributed by atoms with Crippen LogP contribution >= 0.6 is 31.9 Å². The maximum atomic E-state index is 14.2. The molecule has 248 valence electrons. The number of aromatic nitrogens is 8. The van der Waals surface area contributed by atoms with E-state index < -0.39 is 0 Å². The van der Waals surface area contributed by atoms with Crippen molar-refractivity contribution in [2.45, 2.75) is 13.1 Å². The summed E-state index contributed by atoms with van der Waals surface area (Å²) in [7, 11) is 0. The summed E-state index contributed by atoms with van der Waals surface area (Å²) in [6.45, 7) is 1.16. The molecule has 0 fully saturated rings. The number of nitrogens with zero attached hydrogens (tertiary/aromatic N) is 8. The van der Waals surface area contributed by atoms with Gasteiger partial charge in [0.15, 0.2) is 11.3 Å². The number of anilines is 2. The average Bonchev–Trinajstić information content (AvgIpc) is 3.72. The van der Waals surface area contributed by atoms with E-state index in [0.29, 0.717) is 46.9 Å². The minimum absolute atomic E-state index is 0.310. The third-order valence-electron chi connectivity index (χ3n) is 7.58. The van der Waals surface area contributed by atoms with Crippen molar-refractivity contribution in [2.24, 2.45) is 0 Å². The fourth-order valence-corrected chi connectivity index (χ4v) is 5.82. The number of hydrogen-bond acceptors (Lipinski definition) is 8. The lowest BCUT2D eigenvalue weighted by molar-refractivity contribution is 0.630. The van der Waals surface area contributed by atoms with Crippen molar-refractivity contribution < 1.29 is 8.78 Å². The summed E-state index contributed by atoms with van der Waals surface area (Å²) in [6, 6.07) is 24.5. The lowest BCUT2D eigenvalue weighted by Gasteiger charge is -2.11. The van der Waals surface area contributed by atoms with E-state index in [4.69, 9.17) is 0 Å². The van der Waals surface area contributed by atoms with Crippen LogP contribution in [0, 0.1) is 11.6 Å². The molecule has 0 aliphatic heterocycles. The van der Waals surface area contributed by atoms with Crippen molar-refractivity contribution in [3.8, 4) is 22.5 Å². The maximum Gasteiger partial charge on any atom is 0.172 e. The Balaban J connectivity index is 0.000000157. The summed E-state index contributed by atoms with van der Waals surface area (Å²) >= 11 is 6.89. The molecule has 0 aliphatic carbocycles. The lowest BCUT2D eigenvalue weighted by atomic mass is 10.1. The van der Waals surface area contributed by atoms with E-state index in [1.54, 1.807) is 94.7 Å². The van der Waals surface area contributed by atoms with Crippen LogP contribution in [0.2, 0.25) is 0 Å². The number of nitrogens with one attached hydrogen (secondary N) is 2. The molecule has 10 nitrogen and oxygen atoms in total. The third-order valence-corrected chi connectivity index (χ3v) is 8.70. The summed E-state index contributed by atoms with van der Waals surface area (Å²) in [5.41, 5.74) is 5.34. The average molecular weight is 796 g/mol. The summed E-state index contributed by atoms with van der Waals surface area (Å²) in [5.74, 6) is 0.826. The van der Waals surface area contributed by atoms with Crippen LogP contribution in [0.15, 0.2) is 131 Å². The molecular weight excluding hydrogens is 770 g/mol. The fraction of sp³-hybridized carbons (Fsp3) is 0.0556. The Morgan fingerprint density at radius 2 is 1.08 bits per heavy atom. The Morgan fingerprint density at radius 3 is 1.58 bits per heavy atom. The van der Waals surface area contributed by atoms with E-state index in [1.165, 1.54) is 12.1 Å². The fourth-order valence-electron chi connectivity index (χ4n) is 5.13. The van der Waals surface area contributed by atoms with Gasteiger partial charge in [0.25, 0.3) is 0 Å². The second kappa shape index (κ2) is 14.9. The summed E-state index contributed by atoms with van der Waals surface area (Å²) in [4.78, 5) is 17.2. The molecule has 2 aromatic carbocycles. The van der Waals surface area contributed by atoms with Gasteiger partial charge in [-0.2, -0.15) is 19.2 Å². The molecule has 0 amide bonds. The van der Waals surface area contributed by atoms with Crippen LogP contribution in [0.5, 0.6) is 0 Å². The van der Waals surface area contributed by atoms with Crippen LogP contribution in [-0.2, 0) is 13.1 Å². The zero-order valence-corrected chi connectivity index (χ0v) is 29.2. The zero-order chi connectivity index (χ0) is 34.5. The highest BCUT2D eigenvalue weighted by Gasteiger charge is 2.15. The number of pyridine rings is 2. The molecule has 0 atom stereocenters. The Morgan fingerprint density at radius 1 is 0.560 bits per heavy atom. The van der Waals surface area contributed by atoms with Crippen LogP contribution in [-0.4, -0.2) is 39.2 Å². The van der Waals surface area contributed by atoms with E-state index in [-0.39, 0.29) is 11.6 Å². The number of rotatable bonds is 8. The normalized spacial score (nSPS) is 11.0. The Labute approximate surface area is 301 Å². The highest BCUT2D eigenvalue weighted by molar-refractivity contribution is 9.11. The van der Waals surface area contributed by atoms with Gasteiger partial charge in [-0.05, 0) is 85.5 Å². The number of halogens is 4. The van der Waals surface area contributed by atoms with Crippen molar-refractivity contribution in [2.75, 3.05) is 10.6 Å². The summed E-state index contributed by atoms with van der Waals surface area (Å²) in [5, 5.41) is 15.3. The standard InChI is InChI=1S/2C18H13BrFN5/c19-14-11-23-25-17(22-10-12-4-3-7-21-9-12)8-16(24-18(14)25)13-5-1-2-6-15(13)20;19-14-11-23-25-17(22-10-12-5-7-21-8-6-12)9-16(24-18(14)25)13-3-1-2-4-15(13)20/h2*1-9,11,22H,10H2. The predicted octanol–water partition coefficient (Wildman–Crippen LogP) is 8.61. The predicted molar refractivity (Wildman–Crippen MR) is 195 cm³/mol.